The molecule has 0 heterocycles. The number of carbonyl (C=O) groups excluding carboxylic acids is 1. The van der Waals surface area contributed by atoms with Crippen LogP contribution in [0, 0.1) is 0 Å². The Balaban J connectivity index is 2.68. The fourth-order valence-electron chi connectivity index (χ4n) is 1.48. The molecule has 0 fully saturated rings. The third-order valence-corrected chi connectivity index (χ3v) is 2.79. The average Bonchev–Trinajstić information content (AvgIpc) is 2.36. The van der Waals surface area contributed by atoms with Gasteiger partial charge in [0.25, 0.3) is 0 Å². The molecular weight excluding hydrogens is 270 g/mol. The van der Waals surface area contributed by atoms with Crippen LogP contribution in [0.1, 0.15) is 18.6 Å². The Hall–Kier alpha value is -1.85. The first-order valence-electron chi connectivity index (χ1n) is 5.56. The molecule has 102 valence electrons. The lowest BCUT2D eigenvalue weighted by atomic mass is 10.0. The summed E-state index contributed by atoms with van der Waals surface area (Å²) in [6.07, 6.45) is 0.637. The summed E-state index contributed by atoms with van der Waals surface area (Å²) in [5.41, 5.74) is 0.499. The van der Waals surface area contributed by atoms with Gasteiger partial charge in [0.2, 0.25) is 5.91 Å². The Kier molecular flexibility index (Phi) is 5.54. The van der Waals surface area contributed by atoms with Crippen molar-refractivity contribution in [3.63, 3.8) is 0 Å². The highest BCUT2D eigenvalue weighted by atomic mass is 35.5. The lowest BCUT2D eigenvalue weighted by molar-refractivity contribution is -0.131. The van der Waals surface area contributed by atoms with Gasteiger partial charge in [-0.25, -0.2) is 4.79 Å². The van der Waals surface area contributed by atoms with Crippen molar-refractivity contribution in [2.24, 2.45) is 0 Å². The second-order valence-corrected chi connectivity index (χ2v) is 4.34. The molecule has 0 aliphatic rings. The van der Waals surface area contributed by atoms with Gasteiger partial charge in [-0.15, -0.1) is 0 Å². The number of hydrogen-bond donors (Lipinski definition) is 3. The molecule has 0 spiro atoms. The van der Waals surface area contributed by atoms with E-state index in [1.807, 2.05) is 0 Å². The molecule has 3 N–H and O–H groups in total. The maximum Gasteiger partial charge on any atom is 0.328 e. The standard InChI is InChI=1S/C13H14ClNO4/c1-8(15-11(16)6-7-12(17)18)13(19)9-4-2-3-5-10(9)14/h2-8,13,19H,1H3,(H,15,16)(H,17,18). The summed E-state index contributed by atoms with van der Waals surface area (Å²) in [7, 11) is 0. The molecule has 2 unspecified atom stereocenters. The van der Waals surface area contributed by atoms with Crippen LogP contribution in [-0.2, 0) is 9.59 Å². The van der Waals surface area contributed by atoms with Crippen LogP contribution in [-0.4, -0.2) is 28.1 Å². The van der Waals surface area contributed by atoms with E-state index in [1.165, 1.54) is 0 Å². The van der Waals surface area contributed by atoms with E-state index in [2.05, 4.69) is 5.32 Å². The number of carboxylic acid groups (broad SMARTS) is 1. The van der Waals surface area contributed by atoms with E-state index in [-0.39, 0.29) is 0 Å². The molecule has 0 bridgehead atoms. The van der Waals surface area contributed by atoms with E-state index in [4.69, 9.17) is 16.7 Å². The minimum atomic E-state index is -1.21. The minimum absolute atomic E-state index is 0.400. The number of carbonyl (C=O) groups is 2. The van der Waals surface area contributed by atoms with Crippen LogP contribution in [0.25, 0.3) is 0 Å². The van der Waals surface area contributed by atoms with Crippen LogP contribution in [0.2, 0.25) is 5.02 Å². The van der Waals surface area contributed by atoms with Gasteiger partial charge in [0.1, 0.15) is 6.10 Å². The number of rotatable bonds is 5. The van der Waals surface area contributed by atoms with Gasteiger partial charge in [0.05, 0.1) is 6.04 Å². The number of amides is 1. The van der Waals surface area contributed by atoms with Crippen molar-refractivity contribution in [3.05, 3.63) is 47.0 Å². The fraction of sp³-hybridized carbons (Fsp3) is 0.231. The highest BCUT2D eigenvalue weighted by Gasteiger charge is 2.19. The predicted molar refractivity (Wildman–Crippen MR) is 70.8 cm³/mol. The molecule has 19 heavy (non-hydrogen) atoms. The molecule has 0 aliphatic carbocycles. The molecule has 0 radical (unpaired) electrons. The van der Waals surface area contributed by atoms with Crippen LogP contribution < -0.4 is 5.32 Å². The predicted octanol–water partition coefficient (Wildman–Crippen LogP) is 1.52. The van der Waals surface area contributed by atoms with Crippen molar-refractivity contribution in [2.45, 2.75) is 19.1 Å². The average molecular weight is 284 g/mol. The summed E-state index contributed by atoms with van der Waals surface area (Å²) in [5, 5.41) is 21.3. The van der Waals surface area contributed by atoms with Gasteiger partial charge in [0, 0.05) is 22.7 Å². The SMILES string of the molecule is CC(NC(=O)C=CC(=O)O)C(O)c1ccccc1Cl. The third-order valence-electron chi connectivity index (χ3n) is 2.44. The number of aliphatic hydroxyl groups is 1. The Morgan fingerprint density at radius 2 is 1.95 bits per heavy atom. The summed E-state index contributed by atoms with van der Waals surface area (Å²) < 4.78 is 0. The van der Waals surface area contributed by atoms with E-state index in [0.717, 1.165) is 12.2 Å². The van der Waals surface area contributed by atoms with Crippen molar-refractivity contribution in [1.82, 2.24) is 5.32 Å². The quantitative estimate of drug-likeness (QED) is 0.715. The van der Waals surface area contributed by atoms with Gasteiger partial charge in [-0.1, -0.05) is 29.8 Å². The molecule has 1 rings (SSSR count). The second-order valence-electron chi connectivity index (χ2n) is 3.94. The molecule has 1 amide bonds. The van der Waals surface area contributed by atoms with E-state index in [0.29, 0.717) is 10.6 Å². The monoisotopic (exact) mass is 283 g/mol. The zero-order valence-electron chi connectivity index (χ0n) is 10.2. The highest BCUT2D eigenvalue weighted by molar-refractivity contribution is 6.31. The number of aliphatic hydroxyl groups excluding tert-OH is 1. The highest BCUT2D eigenvalue weighted by Crippen LogP contribution is 2.24. The molecule has 1 aromatic rings. The summed E-state index contributed by atoms with van der Waals surface area (Å²) in [5.74, 6) is -1.81. The molecule has 0 aliphatic heterocycles. The second kappa shape index (κ2) is 6.92. The van der Waals surface area contributed by atoms with Crippen LogP contribution in [0.5, 0.6) is 0 Å². The lowest BCUT2D eigenvalue weighted by Crippen LogP contribution is -2.36. The Morgan fingerprint density at radius 1 is 1.32 bits per heavy atom. The zero-order chi connectivity index (χ0) is 14.4. The molecule has 5 nitrogen and oxygen atoms in total. The summed E-state index contributed by atoms with van der Waals surface area (Å²) in [6.45, 7) is 1.60. The van der Waals surface area contributed by atoms with Gasteiger partial charge in [-0.05, 0) is 13.0 Å². The number of halogens is 1. The van der Waals surface area contributed by atoms with Crippen LogP contribution >= 0.6 is 11.6 Å². The molecule has 2 atom stereocenters. The largest absolute Gasteiger partial charge is 0.478 e. The normalized spacial score (nSPS) is 14.1. The minimum Gasteiger partial charge on any atom is -0.478 e. The van der Waals surface area contributed by atoms with E-state index < -0.39 is 24.0 Å². The van der Waals surface area contributed by atoms with Crippen molar-refractivity contribution in [2.75, 3.05) is 0 Å². The summed E-state index contributed by atoms with van der Waals surface area (Å²) in [4.78, 5) is 21.6. The van der Waals surface area contributed by atoms with Crippen LogP contribution in [0.15, 0.2) is 36.4 Å². The van der Waals surface area contributed by atoms with Crippen LogP contribution in [0.4, 0.5) is 0 Å². The Morgan fingerprint density at radius 3 is 2.53 bits per heavy atom. The van der Waals surface area contributed by atoms with Gasteiger partial charge in [-0.2, -0.15) is 0 Å². The van der Waals surface area contributed by atoms with Crippen molar-refractivity contribution >= 4 is 23.5 Å². The maximum absolute atomic E-state index is 11.4. The van der Waals surface area contributed by atoms with Crippen molar-refractivity contribution < 1.29 is 19.8 Å². The third kappa shape index (κ3) is 4.73. The Labute approximate surface area is 115 Å². The molecule has 1 aromatic carbocycles. The lowest BCUT2D eigenvalue weighted by Gasteiger charge is -2.20. The first-order chi connectivity index (χ1) is 8.91. The van der Waals surface area contributed by atoms with Gasteiger partial charge >= 0.3 is 5.97 Å². The van der Waals surface area contributed by atoms with Crippen LogP contribution in [0.3, 0.4) is 0 Å². The number of carboxylic acids is 1. The van der Waals surface area contributed by atoms with E-state index in [9.17, 15) is 14.7 Å². The van der Waals surface area contributed by atoms with Gasteiger partial charge < -0.3 is 15.5 Å². The molecule has 0 saturated heterocycles. The Bertz CT molecular complexity index is 501. The van der Waals surface area contributed by atoms with Crippen molar-refractivity contribution in [1.29, 1.82) is 0 Å². The summed E-state index contributed by atoms with van der Waals surface area (Å²) >= 11 is 5.94. The summed E-state index contributed by atoms with van der Waals surface area (Å²) in [6, 6.07) is 6.15. The topological polar surface area (TPSA) is 86.6 Å². The van der Waals surface area contributed by atoms with Crippen molar-refractivity contribution in [3.8, 4) is 0 Å². The first kappa shape index (κ1) is 15.2. The fourth-order valence-corrected chi connectivity index (χ4v) is 1.73. The molecule has 0 saturated carbocycles. The maximum atomic E-state index is 11.4. The number of benzene rings is 1. The number of nitrogens with one attached hydrogen (secondary N) is 1. The smallest absolute Gasteiger partial charge is 0.328 e. The molecule has 6 heteroatoms. The molecule has 0 aromatic heterocycles. The number of aliphatic carboxylic acids is 1. The van der Waals surface area contributed by atoms with Gasteiger partial charge in [-0.3, -0.25) is 4.79 Å². The van der Waals surface area contributed by atoms with E-state index in [1.54, 1.807) is 31.2 Å². The first-order valence-corrected chi connectivity index (χ1v) is 5.93. The zero-order valence-corrected chi connectivity index (χ0v) is 11.0. The number of hydrogen-bond acceptors (Lipinski definition) is 3. The molecular formula is C13H14ClNO4. The van der Waals surface area contributed by atoms with Gasteiger partial charge in [0.15, 0.2) is 0 Å². The van der Waals surface area contributed by atoms with E-state index >= 15 is 0 Å².